The third-order valence-corrected chi connectivity index (χ3v) is 6.21. The molecule has 2 aromatic rings. The van der Waals surface area contributed by atoms with Crippen molar-refractivity contribution in [2.24, 2.45) is 12.0 Å². The molecule has 1 aromatic heterocycles. The predicted molar refractivity (Wildman–Crippen MR) is 121 cm³/mol. The summed E-state index contributed by atoms with van der Waals surface area (Å²) in [5, 5.41) is 7.94. The molecule has 4 rings (SSSR count). The monoisotopic (exact) mass is 426 g/mol. The van der Waals surface area contributed by atoms with E-state index in [-0.39, 0.29) is 6.10 Å². The summed E-state index contributed by atoms with van der Waals surface area (Å²) >= 11 is 0. The fourth-order valence-corrected chi connectivity index (χ4v) is 4.51. The number of aromatic nitrogens is 2. The summed E-state index contributed by atoms with van der Waals surface area (Å²) < 4.78 is 13.2. The van der Waals surface area contributed by atoms with Crippen molar-refractivity contribution in [1.82, 2.24) is 24.9 Å². The van der Waals surface area contributed by atoms with Crippen LogP contribution < -0.4 is 10.1 Å². The van der Waals surface area contributed by atoms with Gasteiger partial charge in [-0.3, -0.25) is 14.6 Å². The maximum Gasteiger partial charge on any atom is 0.193 e. The molecule has 0 bridgehead atoms. The van der Waals surface area contributed by atoms with Crippen LogP contribution in [0.1, 0.15) is 36.1 Å². The van der Waals surface area contributed by atoms with Crippen LogP contribution in [-0.2, 0) is 11.8 Å². The lowest BCUT2D eigenvalue weighted by Crippen LogP contribution is -2.49. The molecule has 2 fully saturated rings. The van der Waals surface area contributed by atoms with Gasteiger partial charge in [0.1, 0.15) is 11.9 Å². The number of rotatable bonds is 6. The van der Waals surface area contributed by atoms with Crippen LogP contribution in [0.2, 0.25) is 0 Å². The predicted octanol–water partition coefficient (Wildman–Crippen LogP) is 2.21. The fraction of sp³-hybridized carbons (Fsp3) is 0.565. The second kappa shape index (κ2) is 10.2. The average Bonchev–Trinajstić information content (AvgIpc) is 3.49. The molecular weight excluding hydrogens is 392 g/mol. The highest BCUT2D eigenvalue weighted by Gasteiger charge is 2.27. The fourth-order valence-electron chi connectivity index (χ4n) is 4.51. The quantitative estimate of drug-likeness (QED) is 0.564. The first kappa shape index (κ1) is 21.6. The van der Waals surface area contributed by atoms with Crippen LogP contribution in [0.5, 0.6) is 5.75 Å². The molecule has 1 aromatic carbocycles. The number of benzene rings is 1. The number of nitrogens with one attached hydrogen (secondary N) is 1. The van der Waals surface area contributed by atoms with E-state index in [1.165, 1.54) is 18.4 Å². The molecule has 8 heteroatoms. The molecule has 2 atom stereocenters. The van der Waals surface area contributed by atoms with Gasteiger partial charge in [0.25, 0.3) is 0 Å². The van der Waals surface area contributed by atoms with Crippen molar-refractivity contribution < 1.29 is 9.47 Å². The van der Waals surface area contributed by atoms with Crippen molar-refractivity contribution in [3.63, 3.8) is 0 Å². The SMILES string of the molecule is CN=C(NCC(c1ccc(OC)cc1)N1CCCC1)N1CCOC(c2cnn(C)c2)C1. The summed E-state index contributed by atoms with van der Waals surface area (Å²) in [7, 11) is 5.50. The Hall–Kier alpha value is -2.58. The Morgan fingerprint density at radius 1 is 1.26 bits per heavy atom. The Bertz CT molecular complexity index is 859. The minimum atomic E-state index is 0.0111. The highest BCUT2D eigenvalue weighted by molar-refractivity contribution is 5.80. The first-order valence-corrected chi connectivity index (χ1v) is 11.1. The van der Waals surface area contributed by atoms with Crippen LogP contribution in [0.25, 0.3) is 0 Å². The molecular formula is C23H34N6O2. The highest BCUT2D eigenvalue weighted by Crippen LogP contribution is 2.27. The van der Waals surface area contributed by atoms with E-state index in [2.05, 4.69) is 37.3 Å². The van der Waals surface area contributed by atoms with Gasteiger partial charge in [0.15, 0.2) is 5.96 Å². The van der Waals surface area contributed by atoms with E-state index in [1.807, 2.05) is 43.3 Å². The Morgan fingerprint density at radius 2 is 2.03 bits per heavy atom. The number of aryl methyl sites for hydroxylation is 1. The summed E-state index contributed by atoms with van der Waals surface area (Å²) in [5.41, 5.74) is 2.41. The van der Waals surface area contributed by atoms with Gasteiger partial charge in [-0.25, -0.2) is 0 Å². The Morgan fingerprint density at radius 3 is 2.68 bits per heavy atom. The molecule has 31 heavy (non-hydrogen) atoms. The summed E-state index contributed by atoms with van der Waals surface area (Å²) in [4.78, 5) is 9.44. The smallest absolute Gasteiger partial charge is 0.193 e. The van der Waals surface area contributed by atoms with Gasteiger partial charge in [-0.2, -0.15) is 5.10 Å². The first-order chi connectivity index (χ1) is 15.2. The molecule has 1 N–H and O–H groups in total. The van der Waals surface area contributed by atoms with E-state index in [4.69, 9.17) is 9.47 Å². The zero-order valence-electron chi connectivity index (χ0n) is 18.8. The number of methoxy groups -OCH3 is 1. The van der Waals surface area contributed by atoms with Crippen LogP contribution >= 0.6 is 0 Å². The van der Waals surface area contributed by atoms with Gasteiger partial charge in [-0.1, -0.05) is 12.1 Å². The van der Waals surface area contributed by atoms with Crippen LogP contribution in [-0.4, -0.2) is 79.0 Å². The summed E-state index contributed by atoms with van der Waals surface area (Å²) in [6, 6.07) is 8.76. The number of ether oxygens (including phenoxy) is 2. The van der Waals surface area contributed by atoms with Gasteiger partial charge in [0, 0.05) is 38.9 Å². The molecule has 2 aliphatic rings. The standard InChI is InChI=1S/C23H34N6O2/c1-24-23(29-12-13-31-22(17-29)19-14-26-27(2)16-19)25-15-21(28-10-4-5-11-28)18-6-8-20(30-3)9-7-18/h6-9,14,16,21-22H,4-5,10-13,15,17H2,1-3H3,(H,24,25). The van der Waals surface area contributed by atoms with Gasteiger partial charge in [-0.05, 0) is 43.6 Å². The Balaban J connectivity index is 1.43. The summed E-state index contributed by atoms with van der Waals surface area (Å²) in [5.74, 6) is 1.82. The topological polar surface area (TPSA) is 67.2 Å². The minimum Gasteiger partial charge on any atom is -0.497 e. The molecule has 3 heterocycles. The van der Waals surface area contributed by atoms with Gasteiger partial charge >= 0.3 is 0 Å². The van der Waals surface area contributed by atoms with E-state index in [0.29, 0.717) is 12.6 Å². The number of likely N-dealkylation sites (tertiary alicyclic amines) is 1. The van der Waals surface area contributed by atoms with Gasteiger partial charge in [0.05, 0.1) is 32.5 Å². The number of morpholine rings is 1. The van der Waals surface area contributed by atoms with E-state index in [0.717, 1.165) is 50.0 Å². The Kier molecular flexibility index (Phi) is 7.09. The molecule has 0 saturated carbocycles. The van der Waals surface area contributed by atoms with Crippen LogP contribution in [0.4, 0.5) is 0 Å². The minimum absolute atomic E-state index is 0.0111. The zero-order valence-corrected chi connectivity index (χ0v) is 18.8. The average molecular weight is 427 g/mol. The summed E-state index contributed by atoms with van der Waals surface area (Å²) in [6.45, 7) is 5.35. The van der Waals surface area contributed by atoms with E-state index < -0.39 is 0 Å². The van der Waals surface area contributed by atoms with Crippen LogP contribution in [0.3, 0.4) is 0 Å². The third-order valence-electron chi connectivity index (χ3n) is 6.21. The lowest BCUT2D eigenvalue weighted by molar-refractivity contribution is -0.00812. The second-order valence-electron chi connectivity index (χ2n) is 8.21. The molecule has 2 unspecified atom stereocenters. The van der Waals surface area contributed by atoms with Crippen LogP contribution in [0, 0.1) is 0 Å². The van der Waals surface area contributed by atoms with Crippen molar-refractivity contribution in [3.8, 4) is 5.75 Å². The van der Waals surface area contributed by atoms with E-state index >= 15 is 0 Å². The molecule has 2 saturated heterocycles. The molecule has 168 valence electrons. The van der Waals surface area contributed by atoms with Gasteiger partial charge in [-0.15, -0.1) is 0 Å². The van der Waals surface area contributed by atoms with E-state index in [9.17, 15) is 0 Å². The van der Waals surface area contributed by atoms with E-state index in [1.54, 1.807) is 7.11 Å². The maximum absolute atomic E-state index is 6.00. The first-order valence-electron chi connectivity index (χ1n) is 11.1. The number of hydrogen-bond acceptors (Lipinski definition) is 5. The molecule has 8 nitrogen and oxygen atoms in total. The second-order valence-corrected chi connectivity index (χ2v) is 8.21. The molecule has 0 aliphatic carbocycles. The van der Waals surface area contributed by atoms with Crippen LogP contribution in [0.15, 0.2) is 41.7 Å². The van der Waals surface area contributed by atoms with Crippen molar-refractivity contribution in [1.29, 1.82) is 0 Å². The lowest BCUT2D eigenvalue weighted by Gasteiger charge is -2.36. The number of guanidine groups is 1. The number of hydrogen-bond donors (Lipinski definition) is 1. The molecule has 0 radical (unpaired) electrons. The van der Waals surface area contributed by atoms with Gasteiger partial charge < -0.3 is 19.7 Å². The van der Waals surface area contributed by atoms with Crippen molar-refractivity contribution in [2.45, 2.75) is 25.0 Å². The number of nitrogens with zero attached hydrogens (tertiary/aromatic N) is 5. The Labute approximate surface area is 184 Å². The highest BCUT2D eigenvalue weighted by atomic mass is 16.5. The van der Waals surface area contributed by atoms with Crippen molar-refractivity contribution in [2.75, 3.05) is 53.5 Å². The zero-order chi connectivity index (χ0) is 21.6. The number of aliphatic imine (C=N–C) groups is 1. The third kappa shape index (κ3) is 5.19. The van der Waals surface area contributed by atoms with Crippen molar-refractivity contribution >= 4 is 5.96 Å². The largest absolute Gasteiger partial charge is 0.497 e. The normalized spacial score (nSPS) is 21.3. The summed E-state index contributed by atoms with van der Waals surface area (Å²) in [6.07, 6.45) is 6.45. The van der Waals surface area contributed by atoms with Gasteiger partial charge in [0.2, 0.25) is 0 Å². The maximum atomic E-state index is 6.00. The lowest BCUT2D eigenvalue weighted by atomic mass is 10.1. The van der Waals surface area contributed by atoms with Crippen molar-refractivity contribution in [3.05, 3.63) is 47.8 Å². The molecule has 0 amide bonds. The molecule has 2 aliphatic heterocycles. The molecule has 0 spiro atoms.